The van der Waals surface area contributed by atoms with Gasteiger partial charge in [0, 0.05) is 16.7 Å². The first-order valence-electron chi connectivity index (χ1n) is 15.9. The maximum atomic E-state index is 14.9. The minimum Gasteiger partial charge on any atom is -0.744 e. The zero-order chi connectivity index (χ0) is 33.8. The summed E-state index contributed by atoms with van der Waals surface area (Å²) in [6.07, 6.45) is 1.32. The maximum Gasteiger partial charge on any atom is 0.340 e. The van der Waals surface area contributed by atoms with Crippen LogP contribution in [0.1, 0.15) is 17.5 Å². The molecule has 0 radical (unpaired) electrons. The Labute approximate surface area is 285 Å². The third-order valence-corrected chi connectivity index (χ3v) is 11.5. The molecule has 0 unspecified atom stereocenters. The van der Waals surface area contributed by atoms with Gasteiger partial charge < -0.3 is 8.74 Å². The van der Waals surface area contributed by atoms with Gasteiger partial charge in [-0.25, -0.2) is 8.42 Å². The van der Waals surface area contributed by atoms with Crippen LogP contribution in [-0.4, -0.2) is 21.4 Å². The third kappa shape index (κ3) is 5.57. The van der Waals surface area contributed by atoms with Gasteiger partial charge in [0.2, 0.25) is 0 Å². The van der Waals surface area contributed by atoms with Crippen molar-refractivity contribution in [2.45, 2.75) is 29.1 Å². The van der Waals surface area contributed by atoms with Gasteiger partial charge in [-0.2, -0.15) is 8.42 Å². The lowest BCUT2D eigenvalue weighted by Gasteiger charge is -2.21. The smallest absolute Gasteiger partial charge is 0.340 e. The molecule has 1 aliphatic carbocycles. The van der Waals surface area contributed by atoms with Gasteiger partial charge in [0.15, 0.2) is 0 Å². The van der Waals surface area contributed by atoms with Crippen molar-refractivity contribution < 1.29 is 25.6 Å². The zero-order valence-electron chi connectivity index (χ0n) is 26.2. The van der Waals surface area contributed by atoms with Crippen LogP contribution < -0.4 is 4.18 Å². The normalized spacial score (nSPS) is 13.1. The van der Waals surface area contributed by atoms with Crippen molar-refractivity contribution in [3.05, 3.63) is 151 Å². The molecule has 8 heteroatoms. The molecule has 0 aromatic heterocycles. The average Bonchev–Trinajstić information content (AvgIpc) is 3.61. The Morgan fingerprint density at radius 1 is 0.510 bits per heavy atom. The Hall–Kier alpha value is -5.28. The summed E-state index contributed by atoms with van der Waals surface area (Å²) >= 11 is 0. The van der Waals surface area contributed by atoms with Gasteiger partial charge in [-0.3, -0.25) is 0 Å². The van der Waals surface area contributed by atoms with E-state index in [1.54, 1.807) is 0 Å². The molecule has 7 aromatic rings. The molecule has 6 nitrogen and oxygen atoms in total. The summed E-state index contributed by atoms with van der Waals surface area (Å²) in [6, 6.07) is 43.5. The predicted molar refractivity (Wildman–Crippen MR) is 192 cm³/mol. The van der Waals surface area contributed by atoms with Crippen LogP contribution in [0.15, 0.2) is 149 Å². The van der Waals surface area contributed by atoms with E-state index in [1.807, 2.05) is 109 Å². The van der Waals surface area contributed by atoms with Crippen molar-refractivity contribution in [3.63, 3.8) is 0 Å². The van der Waals surface area contributed by atoms with Crippen LogP contribution in [0.2, 0.25) is 0 Å². The highest BCUT2D eigenvalue weighted by atomic mass is 32.2. The summed E-state index contributed by atoms with van der Waals surface area (Å²) < 4.78 is 71.9. The van der Waals surface area contributed by atoms with E-state index in [2.05, 4.69) is 18.2 Å². The molecule has 0 fully saturated rings. The van der Waals surface area contributed by atoms with Crippen LogP contribution in [0.4, 0.5) is 0 Å². The molecule has 0 saturated heterocycles. The average molecular weight is 682 g/mol. The first-order valence-corrected chi connectivity index (χ1v) is 18.8. The summed E-state index contributed by atoms with van der Waals surface area (Å²) in [4.78, 5) is -0.336. The van der Waals surface area contributed by atoms with Crippen LogP contribution >= 0.6 is 0 Å². The fourth-order valence-corrected chi connectivity index (χ4v) is 9.26. The molecule has 0 N–H and O–H groups in total. The molecule has 7 aromatic carbocycles. The minimum absolute atomic E-state index is 0.00805. The molecule has 1 aliphatic rings. The monoisotopic (exact) mass is 681 g/mol. The van der Waals surface area contributed by atoms with Gasteiger partial charge >= 0.3 is 10.1 Å². The fourth-order valence-electron chi connectivity index (χ4n) is 7.14. The van der Waals surface area contributed by atoms with E-state index in [0.29, 0.717) is 47.1 Å². The molecular weight excluding hydrogens is 653 g/mol. The van der Waals surface area contributed by atoms with E-state index < -0.39 is 20.2 Å². The van der Waals surface area contributed by atoms with Gasteiger partial charge in [0.05, 0.1) is 4.90 Å². The summed E-state index contributed by atoms with van der Waals surface area (Å²) in [6.45, 7) is 0. The number of hydrogen-bond acceptors (Lipinski definition) is 6. The molecule has 0 amide bonds. The number of fused-ring (bicyclic) bond motifs is 3. The predicted octanol–water partition coefficient (Wildman–Crippen LogP) is 9.15. The number of hydrogen-bond donors (Lipinski definition) is 0. The molecule has 0 heterocycles. The number of rotatable bonds is 7. The molecule has 0 saturated carbocycles. The van der Waals surface area contributed by atoms with E-state index in [1.165, 1.54) is 6.07 Å². The summed E-state index contributed by atoms with van der Waals surface area (Å²) in [5.74, 6) is 0.0286. The van der Waals surface area contributed by atoms with E-state index in [9.17, 15) is 21.4 Å². The van der Waals surface area contributed by atoms with Crippen LogP contribution in [-0.2, 0) is 33.1 Å². The molecule has 0 spiro atoms. The number of benzene rings is 7. The first kappa shape index (κ1) is 31.0. The molecule has 8 rings (SSSR count). The zero-order valence-corrected chi connectivity index (χ0v) is 27.8. The Kier molecular flexibility index (Phi) is 7.60. The van der Waals surface area contributed by atoms with Crippen molar-refractivity contribution in [1.29, 1.82) is 0 Å². The topological polar surface area (TPSA) is 101 Å². The van der Waals surface area contributed by atoms with Crippen LogP contribution in [0.25, 0.3) is 54.9 Å². The second-order valence-corrected chi connectivity index (χ2v) is 15.0. The Morgan fingerprint density at radius 2 is 1.08 bits per heavy atom. The largest absolute Gasteiger partial charge is 0.744 e. The molecule has 242 valence electrons. The second kappa shape index (κ2) is 12.0. The Morgan fingerprint density at radius 3 is 1.78 bits per heavy atom. The highest BCUT2D eigenvalue weighted by Crippen LogP contribution is 2.45. The molecule has 0 atom stereocenters. The molecule has 49 heavy (non-hydrogen) atoms. The molecule has 0 bridgehead atoms. The quantitative estimate of drug-likeness (QED) is 0.123. The summed E-state index contributed by atoms with van der Waals surface area (Å²) in [5.41, 5.74) is 4.88. The van der Waals surface area contributed by atoms with Gasteiger partial charge in [0.1, 0.15) is 20.8 Å². The van der Waals surface area contributed by atoms with Crippen molar-refractivity contribution in [3.8, 4) is 39.1 Å². The van der Waals surface area contributed by atoms with Crippen LogP contribution in [0, 0.1) is 0 Å². The highest BCUT2D eigenvalue weighted by Gasteiger charge is 2.31. The lowest BCUT2D eigenvalue weighted by Crippen LogP contribution is -2.15. The SMILES string of the molecule is O=S(=O)([O-])c1ccc(OS(=O)(=O)c2c(-c3ccccc3)cc(-c3cccc4ccccc34)cc2-c2cccc3ccccc23)c2c1CCC2. The molecular formula is C41H29O6S2-. The van der Waals surface area contributed by atoms with Gasteiger partial charge in [-0.05, 0) is 92.9 Å². The fraction of sp³-hybridized carbons (Fsp3) is 0.0732. The van der Waals surface area contributed by atoms with Crippen molar-refractivity contribution in [1.82, 2.24) is 0 Å². The summed E-state index contributed by atoms with van der Waals surface area (Å²) in [5, 5.41) is 3.92. The van der Waals surface area contributed by atoms with E-state index in [-0.39, 0.29) is 15.5 Å². The third-order valence-electron chi connectivity index (χ3n) is 9.27. The lowest BCUT2D eigenvalue weighted by molar-refractivity contribution is 0.462. The van der Waals surface area contributed by atoms with E-state index >= 15 is 0 Å². The van der Waals surface area contributed by atoms with Crippen molar-refractivity contribution in [2.24, 2.45) is 0 Å². The maximum absolute atomic E-state index is 14.9. The standard InChI is InChI=1S/C41H30O6S2/c42-48(43,44)40-24-23-39(35-21-10-22-36(35)40)47-49(45,46)41-37(29-11-2-1-3-12-29)25-30(33-19-8-15-27-13-4-6-17-31(27)33)26-38(41)34-20-9-16-28-14-5-7-18-32(28)34/h1-9,11-20,23-26H,10,21-22H2,(H,42,43,44)/p-1. The Balaban J connectivity index is 1.44. The van der Waals surface area contributed by atoms with Crippen LogP contribution in [0.3, 0.4) is 0 Å². The van der Waals surface area contributed by atoms with Crippen molar-refractivity contribution in [2.75, 3.05) is 0 Å². The van der Waals surface area contributed by atoms with Crippen molar-refractivity contribution >= 4 is 41.8 Å². The van der Waals surface area contributed by atoms with E-state index in [0.717, 1.165) is 44.3 Å². The minimum atomic E-state index is -4.75. The highest BCUT2D eigenvalue weighted by molar-refractivity contribution is 7.87. The molecule has 0 aliphatic heterocycles. The van der Waals surface area contributed by atoms with Gasteiger partial charge in [-0.1, -0.05) is 115 Å². The van der Waals surface area contributed by atoms with E-state index in [4.69, 9.17) is 4.18 Å². The van der Waals surface area contributed by atoms with Gasteiger partial charge in [-0.15, -0.1) is 0 Å². The first-order chi connectivity index (χ1) is 23.7. The van der Waals surface area contributed by atoms with Gasteiger partial charge in [0.25, 0.3) is 0 Å². The Bertz CT molecular complexity index is 2640. The van der Waals surface area contributed by atoms with Crippen LogP contribution in [0.5, 0.6) is 5.75 Å². The second-order valence-electron chi connectivity index (χ2n) is 12.2. The lowest BCUT2D eigenvalue weighted by atomic mass is 9.89. The summed E-state index contributed by atoms with van der Waals surface area (Å²) in [7, 11) is -9.33.